The molecule has 2 N–H and O–H groups in total. The topological polar surface area (TPSA) is 73.4 Å². The number of amides is 1. The molecule has 1 aromatic rings. The molecule has 2 saturated carbocycles. The predicted octanol–water partition coefficient (Wildman–Crippen LogP) is 1.88. The van der Waals surface area contributed by atoms with Crippen LogP contribution in [0, 0.1) is 11.8 Å². The molecule has 0 spiro atoms. The van der Waals surface area contributed by atoms with Crippen LogP contribution in [0.2, 0.25) is 0 Å². The summed E-state index contributed by atoms with van der Waals surface area (Å²) in [7, 11) is 1.82. The molecule has 5 heteroatoms. The van der Waals surface area contributed by atoms with Gasteiger partial charge in [-0.05, 0) is 74.8 Å². The van der Waals surface area contributed by atoms with Crippen LogP contribution >= 0.6 is 0 Å². The SMILES string of the molecule is CN(C(=O)c1cc2c([nH]c1=O)CCCC2)C1C[C@H]2CC(O)C[C@H]2C1. The average Bonchev–Trinajstić information content (AvgIpc) is 3.10. The van der Waals surface area contributed by atoms with Crippen LogP contribution in [0.25, 0.3) is 0 Å². The molecule has 1 amide bonds. The fourth-order valence-corrected chi connectivity index (χ4v) is 5.06. The highest BCUT2D eigenvalue weighted by atomic mass is 16.3. The minimum absolute atomic E-state index is 0.157. The maximum Gasteiger partial charge on any atom is 0.261 e. The van der Waals surface area contributed by atoms with Gasteiger partial charge in [0.2, 0.25) is 0 Å². The molecule has 4 atom stereocenters. The fraction of sp³-hybridized carbons (Fsp3) is 0.684. The number of carbonyl (C=O) groups excluding carboxylic acids is 1. The lowest BCUT2D eigenvalue weighted by Gasteiger charge is -2.26. The summed E-state index contributed by atoms with van der Waals surface area (Å²) in [4.78, 5) is 29.9. The quantitative estimate of drug-likeness (QED) is 0.869. The zero-order valence-corrected chi connectivity index (χ0v) is 14.3. The molecule has 0 bridgehead atoms. The normalized spacial score (nSPS) is 31.6. The smallest absolute Gasteiger partial charge is 0.261 e. The van der Waals surface area contributed by atoms with Crippen molar-refractivity contribution in [1.82, 2.24) is 9.88 Å². The van der Waals surface area contributed by atoms with Crippen molar-refractivity contribution in [3.63, 3.8) is 0 Å². The van der Waals surface area contributed by atoms with Gasteiger partial charge < -0.3 is 15.0 Å². The third-order valence-electron chi connectivity index (χ3n) is 6.40. The Morgan fingerprint density at radius 3 is 2.54 bits per heavy atom. The zero-order chi connectivity index (χ0) is 16.8. The number of nitrogens with one attached hydrogen (secondary N) is 1. The van der Waals surface area contributed by atoms with E-state index in [-0.39, 0.29) is 29.2 Å². The molecular weight excluding hydrogens is 304 g/mol. The number of hydrogen-bond donors (Lipinski definition) is 2. The molecule has 4 rings (SSSR count). The highest BCUT2D eigenvalue weighted by Gasteiger charge is 2.43. The van der Waals surface area contributed by atoms with Crippen LogP contribution in [0.5, 0.6) is 0 Å². The molecule has 5 nitrogen and oxygen atoms in total. The summed E-state index contributed by atoms with van der Waals surface area (Å²) in [5.74, 6) is 0.902. The van der Waals surface area contributed by atoms with Crippen molar-refractivity contribution in [1.29, 1.82) is 0 Å². The minimum atomic E-state index is -0.249. The van der Waals surface area contributed by atoms with E-state index >= 15 is 0 Å². The number of rotatable bonds is 2. The van der Waals surface area contributed by atoms with Crippen molar-refractivity contribution < 1.29 is 9.90 Å². The van der Waals surface area contributed by atoms with Gasteiger partial charge in [-0.2, -0.15) is 0 Å². The van der Waals surface area contributed by atoms with E-state index in [1.54, 1.807) is 4.90 Å². The summed E-state index contributed by atoms with van der Waals surface area (Å²) >= 11 is 0. The van der Waals surface area contributed by atoms with Crippen molar-refractivity contribution in [2.24, 2.45) is 11.8 Å². The van der Waals surface area contributed by atoms with E-state index < -0.39 is 0 Å². The second-order valence-electron chi connectivity index (χ2n) is 7.91. The van der Waals surface area contributed by atoms with E-state index in [0.29, 0.717) is 11.8 Å². The second-order valence-corrected chi connectivity index (χ2v) is 7.91. The highest BCUT2D eigenvalue weighted by Crippen LogP contribution is 2.45. The molecule has 0 saturated heterocycles. The van der Waals surface area contributed by atoms with Gasteiger partial charge in [-0.3, -0.25) is 9.59 Å². The van der Waals surface area contributed by atoms with E-state index in [2.05, 4.69) is 4.98 Å². The van der Waals surface area contributed by atoms with Gasteiger partial charge in [0.15, 0.2) is 0 Å². The Bertz CT molecular complexity index is 697. The number of aromatic nitrogens is 1. The Balaban J connectivity index is 1.53. The van der Waals surface area contributed by atoms with Crippen molar-refractivity contribution in [3.8, 4) is 0 Å². The Morgan fingerprint density at radius 2 is 1.83 bits per heavy atom. The summed E-state index contributed by atoms with van der Waals surface area (Å²) in [6.45, 7) is 0. The second kappa shape index (κ2) is 6.03. The largest absolute Gasteiger partial charge is 0.393 e. The van der Waals surface area contributed by atoms with Gasteiger partial charge in [0.05, 0.1) is 6.10 Å². The average molecular weight is 330 g/mol. The monoisotopic (exact) mass is 330 g/mol. The first-order valence-electron chi connectivity index (χ1n) is 9.23. The number of H-pyrrole nitrogens is 1. The van der Waals surface area contributed by atoms with Gasteiger partial charge >= 0.3 is 0 Å². The predicted molar refractivity (Wildman–Crippen MR) is 91.0 cm³/mol. The first-order chi connectivity index (χ1) is 11.5. The van der Waals surface area contributed by atoms with Crippen LogP contribution in [0.1, 0.15) is 60.1 Å². The minimum Gasteiger partial charge on any atom is -0.393 e. The molecule has 130 valence electrons. The summed E-state index contributed by atoms with van der Waals surface area (Å²) in [5, 5.41) is 9.77. The molecule has 0 aliphatic heterocycles. The number of fused-ring (bicyclic) bond motifs is 2. The van der Waals surface area contributed by atoms with E-state index in [4.69, 9.17) is 0 Å². The maximum absolute atomic E-state index is 12.9. The van der Waals surface area contributed by atoms with Crippen LogP contribution in [-0.2, 0) is 12.8 Å². The molecule has 1 aromatic heterocycles. The van der Waals surface area contributed by atoms with E-state index in [1.807, 2.05) is 13.1 Å². The van der Waals surface area contributed by atoms with Crippen molar-refractivity contribution in [3.05, 3.63) is 33.2 Å². The molecule has 24 heavy (non-hydrogen) atoms. The van der Waals surface area contributed by atoms with Crippen LogP contribution in [-0.4, -0.2) is 40.1 Å². The Morgan fingerprint density at radius 1 is 1.17 bits per heavy atom. The Kier molecular flexibility index (Phi) is 3.99. The van der Waals surface area contributed by atoms with Crippen molar-refractivity contribution >= 4 is 5.91 Å². The molecule has 1 heterocycles. The summed E-state index contributed by atoms with van der Waals surface area (Å²) in [5.41, 5.74) is 2.18. The van der Waals surface area contributed by atoms with Crippen LogP contribution < -0.4 is 5.56 Å². The Hall–Kier alpha value is -1.62. The maximum atomic E-state index is 12.9. The Labute approximate surface area is 142 Å². The lowest BCUT2D eigenvalue weighted by atomic mass is 9.94. The molecule has 0 aromatic carbocycles. The summed E-state index contributed by atoms with van der Waals surface area (Å²) in [6.07, 6.45) is 7.55. The van der Waals surface area contributed by atoms with Gasteiger partial charge in [-0.25, -0.2) is 0 Å². The molecule has 2 fully saturated rings. The highest BCUT2D eigenvalue weighted by molar-refractivity contribution is 5.94. The number of carbonyl (C=O) groups is 1. The number of hydrogen-bond acceptors (Lipinski definition) is 3. The number of aliphatic hydroxyl groups is 1. The summed E-state index contributed by atoms with van der Waals surface area (Å²) in [6, 6.07) is 2.02. The lowest BCUT2D eigenvalue weighted by Crippen LogP contribution is -2.39. The van der Waals surface area contributed by atoms with Crippen molar-refractivity contribution in [2.75, 3.05) is 7.05 Å². The number of aryl methyl sites for hydroxylation is 2. The van der Waals surface area contributed by atoms with Gasteiger partial charge in [0.25, 0.3) is 11.5 Å². The zero-order valence-electron chi connectivity index (χ0n) is 14.3. The lowest BCUT2D eigenvalue weighted by molar-refractivity contribution is 0.0720. The third-order valence-corrected chi connectivity index (χ3v) is 6.40. The standard InChI is InChI=1S/C19H26N2O3/c1-21(14-6-12-8-15(22)9-13(12)7-14)19(24)16-10-11-4-2-3-5-17(11)20-18(16)23/h10,12-15,22H,2-9H2,1H3,(H,20,23)/t12-,13+,14?,15?. The van der Waals surface area contributed by atoms with E-state index in [1.165, 1.54) is 0 Å². The van der Waals surface area contributed by atoms with Crippen molar-refractivity contribution in [2.45, 2.75) is 63.5 Å². The third kappa shape index (κ3) is 2.69. The van der Waals surface area contributed by atoms with Crippen LogP contribution in [0.3, 0.4) is 0 Å². The molecule has 3 aliphatic carbocycles. The first-order valence-corrected chi connectivity index (χ1v) is 9.23. The van der Waals surface area contributed by atoms with Gasteiger partial charge in [0, 0.05) is 18.8 Å². The number of pyridine rings is 1. The van der Waals surface area contributed by atoms with Crippen LogP contribution in [0.15, 0.2) is 10.9 Å². The molecule has 3 aliphatic rings. The molecule has 0 radical (unpaired) electrons. The van der Waals surface area contributed by atoms with Gasteiger partial charge in [-0.15, -0.1) is 0 Å². The molecular formula is C19H26N2O3. The number of aromatic amines is 1. The van der Waals surface area contributed by atoms with Crippen LogP contribution in [0.4, 0.5) is 0 Å². The van der Waals surface area contributed by atoms with E-state index in [0.717, 1.165) is 62.6 Å². The number of nitrogens with zero attached hydrogens (tertiary/aromatic N) is 1. The summed E-state index contributed by atoms with van der Waals surface area (Å²) < 4.78 is 0. The van der Waals surface area contributed by atoms with Gasteiger partial charge in [0.1, 0.15) is 5.56 Å². The van der Waals surface area contributed by atoms with Gasteiger partial charge in [-0.1, -0.05) is 0 Å². The molecule has 2 unspecified atom stereocenters. The van der Waals surface area contributed by atoms with E-state index in [9.17, 15) is 14.7 Å². The number of aliphatic hydroxyl groups excluding tert-OH is 1. The first kappa shape index (κ1) is 15.9. The fourth-order valence-electron chi connectivity index (χ4n) is 5.06.